The zero-order chi connectivity index (χ0) is 20.9. The Morgan fingerprint density at radius 1 is 0.966 bits per heavy atom. The number of hydrogen-bond acceptors (Lipinski definition) is 4. The van der Waals surface area contributed by atoms with Crippen molar-refractivity contribution in [1.29, 1.82) is 0 Å². The summed E-state index contributed by atoms with van der Waals surface area (Å²) in [5, 5.41) is 8.94. The summed E-state index contributed by atoms with van der Waals surface area (Å²) < 4.78 is 46.0. The Morgan fingerprint density at radius 2 is 1.62 bits per heavy atom. The van der Waals surface area contributed by atoms with Gasteiger partial charge in [-0.25, -0.2) is 22.3 Å². The van der Waals surface area contributed by atoms with Crippen LogP contribution in [0.15, 0.2) is 77.7 Å². The second-order valence-corrected chi connectivity index (χ2v) is 7.82. The molecule has 29 heavy (non-hydrogen) atoms. The van der Waals surface area contributed by atoms with Crippen molar-refractivity contribution in [2.24, 2.45) is 0 Å². The molecule has 0 aliphatic heterocycles. The molecule has 0 amide bonds. The number of hydrogen-bond donors (Lipinski definition) is 2. The van der Waals surface area contributed by atoms with Gasteiger partial charge in [-0.3, -0.25) is 0 Å². The zero-order valence-electron chi connectivity index (χ0n) is 15.2. The van der Waals surface area contributed by atoms with Gasteiger partial charge in [-0.2, -0.15) is 0 Å². The molecule has 0 saturated heterocycles. The number of sulfonamides is 1. The van der Waals surface area contributed by atoms with Crippen LogP contribution in [0.1, 0.15) is 10.4 Å². The van der Waals surface area contributed by atoms with Gasteiger partial charge in [-0.1, -0.05) is 42.5 Å². The van der Waals surface area contributed by atoms with Crippen molar-refractivity contribution < 1.29 is 27.4 Å². The highest BCUT2D eigenvalue weighted by molar-refractivity contribution is 7.89. The molecule has 0 unspecified atom stereocenters. The van der Waals surface area contributed by atoms with E-state index in [9.17, 15) is 17.6 Å². The number of rotatable bonds is 8. The van der Waals surface area contributed by atoms with Crippen LogP contribution in [0, 0.1) is 5.82 Å². The van der Waals surface area contributed by atoms with E-state index in [0.29, 0.717) is 5.75 Å². The third kappa shape index (κ3) is 5.18. The van der Waals surface area contributed by atoms with Crippen molar-refractivity contribution >= 4 is 16.0 Å². The SMILES string of the molecule is O=C(O)c1ccc(F)c(S(=O)(=O)NCCOc2ccc(-c3ccccc3)cc2)c1. The Labute approximate surface area is 167 Å². The fourth-order valence-electron chi connectivity index (χ4n) is 2.64. The standard InChI is InChI=1S/C21H18FNO5S/c22-19-11-8-17(21(24)25)14-20(19)29(26,27)23-12-13-28-18-9-6-16(7-10-18)15-4-2-1-3-5-15/h1-11,14,23H,12-13H2,(H,24,25). The van der Waals surface area contributed by atoms with Gasteiger partial charge < -0.3 is 9.84 Å². The lowest BCUT2D eigenvalue weighted by molar-refractivity contribution is 0.0696. The molecule has 0 heterocycles. The van der Waals surface area contributed by atoms with Crippen LogP contribution >= 0.6 is 0 Å². The lowest BCUT2D eigenvalue weighted by atomic mass is 10.1. The first kappa shape index (κ1) is 20.5. The molecule has 0 atom stereocenters. The summed E-state index contributed by atoms with van der Waals surface area (Å²) in [6.45, 7) is -0.0936. The van der Waals surface area contributed by atoms with Gasteiger partial charge in [-0.15, -0.1) is 0 Å². The zero-order valence-corrected chi connectivity index (χ0v) is 16.0. The minimum Gasteiger partial charge on any atom is -0.492 e. The number of carboxylic acids is 1. The molecule has 0 aliphatic carbocycles. The van der Waals surface area contributed by atoms with E-state index in [2.05, 4.69) is 4.72 Å². The summed E-state index contributed by atoms with van der Waals surface area (Å²) >= 11 is 0. The van der Waals surface area contributed by atoms with Crippen LogP contribution < -0.4 is 9.46 Å². The molecule has 2 N–H and O–H groups in total. The van der Waals surface area contributed by atoms with E-state index in [1.165, 1.54) is 0 Å². The average Bonchev–Trinajstić information content (AvgIpc) is 2.72. The maximum Gasteiger partial charge on any atom is 0.335 e. The lowest BCUT2D eigenvalue weighted by Gasteiger charge is -2.10. The highest BCUT2D eigenvalue weighted by Crippen LogP contribution is 2.22. The molecule has 3 aromatic rings. The number of carbonyl (C=O) groups is 1. The molecule has 0 aliphatic rings. The molecule has 0 fully saturated rings. The lowest BCUT2D eigenvalue weighted by Crippen LogP contribution is -2.29. The summed E-state index contributed by atoms with van der Waals surface area (Å²) in [5.41, 5.74) is 1.77. The maximum absolute atomic E-state index is 13.8. The number of benzene rings is 3. The van der Waals surface area contributed by atoms with E-state index in [0.717, 1.165) is 29.3 Å². The largest absolute Gasteiger partial charge is 0.492 e. The molecule has 0 spiro atoms. The van der Waals surface area contributed by atoms with Gasteiger partial charge in [0.1, 0.15) is 23.1 Å². The van der Waals surface area contributed by atoms with Crippen LogP contribution in [0.25, 0.3) is 11.1 Å². The van der Waals surface area contributed by atoms with Crippen molar-refractivity contribution in [3.8, 4) is 16.9 Å². The minimum atomic E-state index is -4.21. The molecule has 6 nitrogen and oxygen atoms in total. The normalized spacial score (nSPS) is 11.2. The third-order valence-electron chi connectivity index (χ3n) is 4.09. The fourth-order valence-corrected chi connectivity index (χ4v) is 3.75. The molecule has 0 saturated carbocycles. The second-order valence-electron chi connectivity index (χ2n) is 6.09. The van der Waals surface area contributed by atoms with Gasteiger partial charge in [-0.05, 0) is 41.5 Å². The summed E-state index contributed by atoms with van der Waals surface area (Å²) in [7, 11) is -4.21. The Bertz CT molecular complexity index is 1100. The van der Waals surface area contributed by atoms with Crippen LogP contribution in [0.5, 0.6) is 5.75 Å². The van der Waals surface area contributed by atoms with E-state index >= 15 is 0 Å². The number of aromatic carboxylic acids is 1. The first-order valence-electron chi connectivity index (χ1n) is 8.67. The molecule has 8 heteroatoms. The van der Waals surface area contributed by atoms with E-state index < -0.39 is 26.7 Å². The second kappa shape index (κ2) is 8.85. The van der Waals surface area contributed by atoms with Gasteiger partial charge in [0.05, 0.1) is 5.56 Å². The molecule has 150 valence electrons. The molecule has 0 bridgehead atoms. The van der Waals surface area contributed by atoms with Gasteiger partial charge in [0.25, 0.3) is 0 Å². The number of halogens is 1. The van der Waals surface area contributed by atoms with Crippen LogP contribution in [-0.2, 0) is 10.0 Å². The van der Waals surface area contributed by atoms with Crippen LogP contribution in [0.2, 0.25) is 0 Å². The highest BCUT2D eigenvalue weighted by Gasteiger charge is 2.20. The topological polar surface area (TPSA) is 92.7 Å². The Balaban J connectivity index is 1.57. The predicted molar refractivity (Wildman–Crippen MR) is 106 cm³/mol. The first-order valence-corrected chi connectivity index (χ1v) is 10.2. The van der Waals surface area contributed by atoms with E-state index in [1.807, 2.05) is 42.5 Å². The average molecular weight is 415 g/mol. The van der Waals surface area contributed by atoms with Gasteiger partial charge in [0.15, 0.2) is 0 Å². The fraction of sp³-hybridized carbons (Fsp3) is 0.0952. The Kier molecular flexibility index (Phi) is 6.26. The number of nitrogens with one attached hydrogen (secondary N) is 1. The van der Waals surface area contributed by atoms with Crippen molar-refractivity contribution in [2.75, 3.05) is 13.2 Å². The van der Waals surface area contributed by atoms with Crippen LogP contribution in [0.3, 0.4) is 0 Å². The van der Waals surface area contributed by atoms with Gasteiger partial charge in [0.2, 0.25) is 10.0 Å². The highest BCUT2D eigenvalue weighted by atomic mass is 32.2. The Morgan fingerprint density at radius 3 is 2.28 bits per heavy atom. The van der Waals surface area contributed by atoms with Crippen molar-refractivity contribution in [3.63, 3.8) is 0 Å². The monoisotopic (exact) mass is 415 g/mol. The van der Waals surface area contributed by atoms with Crippen molar-refractivity contribution in [1.82, 2.24) is 4.72 Å². The first-order chi connectivity index (χ1) is 13.9. The molecule has 3 aromatic carbocycles. The summed E-state index contributed by atoms with van der Waals surface area (Å²) in [6, 6.07) is 19.7. The Hall–Kier alpha value is -3.23. The summed E-state index contributed by atoms with van der Waals surface area (Å²) in [6.07, 6.45) is 0. The van der Waals surface area contributed by atoms with E-state index in [4.69, 9.17) is 9.84 Å². The maximum atomic E-state index is 13.8. The summed E-state index contributed by atoms with van der Waals surface area (Å²) in [5.74, 6) is -1.81. The quantitative estimate of drug-likeness (QED) is 0.549. The number of carboxylic acid groups (broad SMARTS) is 1. The van der Waals surface area contributed by atoms with Gasteiger partial charge in [0, 0.05) is 6.54 Å². The molecule has 3 rings (SSSR count). The molecule has 0 aromatic heterocycles. The van der Waals surface area contributed by atoms with Crippen molar-refractivity contribution in [2.45, 2.75) is 4.90 Å². The van der Waals surface area contributed by atoms with Crippen molar-refractivity contribution in [3.05, 3.63) is 84.2 Å². The molecular formula is C21H18FNO5S. The smallest absolute Gasteiger partial charge is 0.335 e. The van der Waals surface area contributed by atoms with Gasteiger partial charge >= 0.3 is 5.97 Å². The molecule has 0 radical (unpaired) electrons. The van der Waals surface area contributed by atoms with E-state index in [1.54, 1.807) is 12.1 Å². The summed E-state index contributed by atoms with van der Waals surface area (Å²) in [4.78, 5) is 10.2. The van der Waals surface area contributed by atoms with E-state index in [-0.39, 0.29) is 18.7 Å². The molecular weight excluding hydrogens is 397 g/mol. The number of ether oxygens (including phenoxy) is 1. The predicted octanol–water partition coefficient (Wildman–Crippen LogP) is 3.55. The van der Waals surface area contributed by atoms with Crippen LogP contribution in [0.4, 0.5) is 4.39 Å². The minimum absolute atomic E-state index is 0.0180. The third-order valence-corrected chi connectivity index (χ3v) is 5.57. The van der Waals surface area contributed by atoms with Crippen LogP contribution in [-0.4, -0.2) is 32.6 Å².